The third-order valence-corrected chi connectivity index (χ3v) is 2.73. The van der Waals surface area contributed by atoms with Gasteiger partial charge in [-0.15, -0.1) is 0 Å². The van der Waals surface area contributed by atoms with Crippen LogP contribution in [0, 0.1) is 0 Å². The van der Waals surface area contributed by atoms with Crippen molar-refractivity contribution in [1.82, 2.24) is 5.32 Å². The lowest BCUT2D eigenvalue weighted by atomic mass is 10.1. The first kappa shape index (κ1) is 18.8. The van der Waals surface area contributed by atoms with Crippen molar-refractivity contribution in [2.75, 3.05) is 20.3 Å². The lowest BCUT2D eigenvalue weighted by molar-refractivity contribution is -0.153. The summed E-state index contributed by atoms with van der Waals surface area (Å²) in [6.45, 7) is -1.28. The second-order valence-corrected chi connectivity index (χ2v) is 4.57. The van der Waals surface area contributed by atoms with Gasteiger partial charge in [0.05, 0.1) is 0 Å². The van der Waals surface area contributed by atoms with Crippen LogP contribution in [0.2, 0.25) is 0 Å². The fourth-order valence-electron chi connectivity index (χ4n) is 1.60. The molecule has 0 aromatic heterocycles. The highest BCUT2D eigenvalue weighted by Gasteiger charge is 2.28. The Morgan fingerprint density at radius 3 is 2.35 bits per heavy atom. The summed E-state index contributed by atoms with van der Waals surface area (Å²) in [6.07, 6.45) is -4.36. The summed E-state index contributed by atoms with van der Waals surface area (Å²) in [7, 11) is 1.40. The topological polar surface area (TPSA) is 84.9 Å². The van der Waals surface area contributed by atoms with Gasteiger partial charge in [0, 0.05) is 25.7 Å². The zero-order valence-corrected chi connectivity index (χ0v) is 12.2. The first-order valence-electron chi connectivity index (χ1n) is 6.55. The summed E-state index contributed by atoms with van der Waals surface area (Å²) in [5.41, 5.74) is 0.105. The molecular formula is C14H16F3NO5. The minimum Gasteiger partial charge on any atom is -0.484 e. The fourth-order valence-corrected chi connectivity index (χ4v) is 1.60. The van der Waals surface area contributed by atoms with Gasteiger partial charge >= 0.3 is 12.1 Å². The predicted molar refractivity (Wildman–Crippen MR) is 73.4 cm³/mol. The van der Waals surface area contributed by atoms with Crippen molar-refractivity contribution >= 4 is 11.9 Å². The van der Waals surface area contributed by atoms with E-state index >= 15 is 0 Å². The Morgan fingerprint density at radius 2 is 1.87 bits per heavy atom. The first-order valence-corrected chi connectivity index (χ1v) is 6.55. The maximum absolute atomic E-state index is 12.0. The van der Waals surface area contributed by atoms with Gasteiger partial charge in [-0.1, -0.05) is 0 Å². The number of hydrogen-bond donors (Lipinski definition) is 2. The Hall–Kier alpha value is -2.29. The molecule has 1 unspecified atom stereocenters. The standard InChI is InChI=1S/C14H16F3NO5/c1-22-7-6-11(13(20)21)18-12(19)9-2-4-10(5-3-9)23-8-14(15,16)17/h2-5,11H,6-8H2,1H3,(H,18,19)(H,20,21). The molecule has 9 heteroatoms. The van der Waals surface area contributed by atoms with Crippen molar-refractivity contribution < 1.29 is 37.3 Å². The zero-order valence-electron chi connectivity index (χ0n) is 12.2. The Bertz CT molecular complexity index is 530. The summed E-state index contributed by atoms with van der Waals surface area (Å²) in [5, 5.41) is 11.3. The molecule has 0 fully saturated rings. The fraction of sp³-hybridized carbons (Fsp3) is 0.429. The lowest BCUT2D eigenvalue weighted by Crippen LogP contribution is -2.41. The summed E-state index contributed by atoms with van der Waals surface area (Å²) in [6, 6.07) is 3.77. The Kier molecular flexibility index (Phi) is 6.83. The minimum absolute atomic E-state index is 0.0481. The van der Waals surface area contributed by atoms with E-state index in [0.717, 1.165) is 0 Å². The van der Waals surface area contributed by atoms with Crippen molar-refractivity contribution in [3.63, 3.8) is 0 Å². The lowest BCUT2D eigenvalue weighted by Gasteiger charge is -2.14. The van der Waals surface area contributed by atoms with Crippen molar-refractivity contribution in [2.24, 2.45) is 0 Å². The Labute approximate surface area is 130 Å². The van der Waals surface area contributed by atoms with Crippen molar-refractivity contribution in [3.8, 4) is 5.75 Å². The Morgan fingerprint density at radius 1 is 1.26 bits per heavy atom. The molecule has 0 spiro atoms. The average molecular weight is 335 g/mol. The van der Waals surface area contributed by atoms with Crippen molar-refractivity contribution in [3.05, 3.63) is 29.8 Å². The monoisotopic (exact) mass is 335 g/mol. The summed E-state index contributed by atoms with van der Waals surface area (Å²) < 4.78 is 45.3. The second kappa shape index (κ2) is 8.37. The maximum atomic E-state index is 12.0. The molecule has 1 aromatic rings. The van der Waals surface area contributed by atoms with Crippen LogP contribution >= 0.6 is 0 Å². The van der Waals surface area contributed by atoms with Crippen LogP contribution in [-0.2, 0) is 9.53 Å². The molecule has 0 saturated carbocycles. The number of carbonyl (C=O) groups excluding carboxylic acids is 1. The summed E-state index contributed by atoms with van der Waals surface area (Å²) in [4.78, 5) is 22.9. The molecule has 1 aromatic carbocycles. The molecule has 2 N–H and O–H groups in total. The van der Waals surface area contributed by atoms with E-state index in [-0.39, 0.29) is 24.3 Å². The molecule has 0 heterocycles. The number of aliphatic carboxylic acids is 1. The number of carbonyl (C=O) groups is 2. The van der Waals surface area contributed by atoms with Gasteiger partial charge in [-0.2, -0.15) is 13.2 Å². The minimum atomic E-state index is -4.45. The summed E-state index contributed by atoms with van der Waals surface area (Å²) >= 11 is 0. The largest absolute Gasteiger partial charge is 0.484 e. The van der Waals surface area contributed by atoms with Crippen LogP contribution < -0.4 is 10.1 Å². The second-order valence-electron chi connectivity index (χ2n) is 4.57. The van der Waals surface area contributed by atoms with E-state index in [4.69, 9.17) is 9.84 Å². The van der Waals surface area contributed by atoms with Crippen LogP contribution in [0.15, 0.2) is 24.3 Å². The van der Waals surface area contributed by atoms with Gasteiger partial charge in [0.25, 0.3) is 5.91 Å². The molecule has 1 amide bonds. The number of carboxylic acid groups (broad SMARTS) is 1. The molecule has 1 atom stereocenters. The smallest absolute Gasteiger partial charge is 0.422 e. The van der Waals surface area contributed by atoms with E-state index in [1.54, 1.807) is 0 Å². The molecule has 1 rings (SSSR count). The van der Waals surface area contributed by atoms with Crippen LogP contribution in [0.3, 0.4) is 0 Å². The number of benzene rings is 1. The number of hydrogen-bond acceptors (Lipinski definition) is 4. The average Bonchev–Trinajstić information content (AvgIpc) is 2.48. The van der Waals surface area contributed by atoms with Gasteiger partial charge < -0.3 is 19.9 Å². The van der Waals surface area contributed by atoms with E-state index in [2.05, 4.69) is 10.1 Å². The van der Waals surface area contributed by atoms with Gasteiger partial charge in [0.15, 0.2) is 6.61 Å². The predicted octanol–water partition coefficient (Wildman–Crippen LogP) is 1.85. The number of carboxylic acids is 1. The van der Waals surface area contributed by atoms with Gasteiger partial charge in [0.1, 0.15) is 11.8 Å². The van der Waals surface area contributed by atoms with Crippen LogP contribution in [0.1, 0.15) is 16.8 Å². The highest BCUT2D eigenvalue weighted by Crippen LogP contribution is 2.18. The third kappa shape index (κ3) is 7.00. The van der Waals surface area contributed by atoms with Crippen LogP contribution in [-0.4, -0.2) is 49.5 Å². The van der Waals surface area contributed by atoms with Crippen LogP contribution in [0.25, 0.3) is 0 Å². The normalized spacial score (nSPS) is 12.5. The van der Waals surface area contributed by atoms with E-state index in [1.807, 2.05) is 0 Å². The SMILES string of the molecule is COCCC(NC(=O)c1ccc(OCC(F)(F)F)cc1)C(=O)O. The van der Waals surface area contributed by atoms with Crippen LogP contribution in [0.4, 0.5) is 13.2 Å². The quantitative estimate of drug-likeness (QED) is 0.757. The highest BCUT2D eigenvalue weighted by molar-refractivity contribution is 5.96. The molecule has 0 saturated heterocycles. The van der Waals surface area contributed by atoms with E-state index < -0.39 is 30.7 Å². The van der Waals surface area contributed by atoms with E-state index in [9.17, 15) is 22.8 Å². The molecule has 128 valence electrons. The molecule has 0 bridgehead atoms. The number of rotatable bonds is 8. The Balaban J connectivity index is 2.64. The highest BCUT2D eigenvalue weighted by atomic mass is 19.4. The van der Waals surface area contributed by atoms with Gasteiger partial charge in [-0.05, 0) is 24.3 Å². The molecule has 0 aliphatic carbocycles. The molecule has 0 radical (unpaired) electrons. The third-order valence-electron chi connectivity index (χ3n) is 2.73. The number of methoxy groups -OCH3 is 1. The molecule has 0 aliphatic heterocycles. The van der Waals surface area contributed by atoms with E-state index in [1.165, 1.54) is 31.4 Å². The van der Waals surface area contributed by atoms with E-state index in [0.29, 0.717) is 0 Å². The molecule has 6 nitrogen and oxygen atoms in total. The number of ether oxygens (including phenoxy) is 2. The van der Waals surface area contributed by atoms with Gasteiger partial charge in [0.2, 0.25) is 0 Å². The van der Waals surface area contributed by atoms with Crippen molar-refractivity contribution in [1.29, 1.82) is 0 Å². The van der Waals surface area contributed by atoms with Gasteiger partial charge in [-0.3, -0.25) is 4.79 Å². The zero-order chi connectivity index (χ0) is 17.5. The molecule has 0 aliphatic rings. The number of halogens is 3. The first-order chi connectivity index (χ1) is 10.7. The number of nitrogens with one attached hydrogen (secondary N) is 1. The number of alkyl halides is 3. The van der Waals surface area contributed by atoms with Crippen LogP contribution in [0.5, 0.6) is 5.75 Å². The summed E-state index contributed by atoms with van der Waals surface area (Å²) in [5.74, 6) is -1.91. The van der Waals surface area contributed by atoms with Gasteiger partial charge in [-0.25, -0.2) is 4.79 Å². The number of amides is 1. The molecular weight excluding hydrogens is 319 g/mol. The maximum Gasteiger partial charge on any atom is 0.422 e. The molecule has 23 heavy (non-hydrogen) atoms. The van der Waals surface area contributed by atoms with Crippen molar-refractivity contribution in [2.45, 2.75) is 18.6 Å².